The number of allylic oxidation sites excluding steroid dienone is 1. The largest absolute Gasteiger partial charge is 0.497 e. The van der Waals surface area contributed by atoms with Crippen LogP contribution < -0.4 is 14.8 Å². The van der Waals surface area contributed by atoms with Crippen LogP contribution in [-0.4, -0.2) is 26.8 Å². The zero-order valence-corrected chi connectivity index (χ0v) is 12.0. The van der Waals surface area contributed by atoms with Crippen molar-refractivity contribution in [3.63, 3.8) is 0 Å². The Morgan fingerprint density at radius 3 is 2.74 bits per heavy atom. The fraction of sp³-hybridized carbons (Fsp3) is 0.500. The standard InChI is InChI=1S/C16H23NO2/c1-12(5-4-10-17-13-6-7-13)15-9-8-14(18-2)11-16(15)19-3/h5,8-9,11,13,17H,4,6-7,10H2,1-3H3. The minimum Gasteiger partial charge on any atom is -0.497 e. The van der Waals surface area contributed by atoms with E-state index in [2.05, 4.69) is 24.4 Å². The first kappa shape index (κ1) is 13.9. The van der Waals surface area contributed by atoms with E-state index in [0.717, 1.165) is 36.1 Å². The monoisotopic (exact) mass is 261 g/mol. The fourth-order valence-electron chi connectivity index (χ4n) is 2.10. The van der Waals surface area contributed by atoms with E-state index < -0.39 is 0 Å². The summed E-state index contributed by atoms with van der Waals surface area (Å²) in [6, 6.07) is 6.73. The van der Waals surface area contributed by atoms with Gasteiger partial charge >= 0.3 is 0 Å². The quantitative estimate of drug-likeness (QED) is 0.764. The van der Waals surface area contributed by atoms with Crippen molar-refractivity contribution in [1.82, 2.24) is 5.32 Å². The number of benzene rings is 1. The second-order valence-electron chi connectivity index (χ2n) is 4.97. The number of nitrogens with one attached hydrogen (secondary N) is 1. The average Bonchev–Trinajstić information content (AvgIpc) is 3.26. The summed E-state index contributed by atoms with van der Waals surface area (Å²) >= 11 is 0. The minimum atomic E-state index is 0.782. The van der Waals surface area contributed by atoms with Gasteiger partial charge in [0.25, 0.3) is 0 Å². The minimum absolute atomic E-state index is 0.782. The van der Waals surface area contributed by atoms with Crippen LogP contribution in [0.1, 0.15) is 31.7 Å². The zero-order chi connectivity index (χ0) is 13.7. The van der Waals surface area contributed by atoms with Gasteiger partial charge in [-0.25, -0.2) is 0 Å². The molecule has 2 rings (SSSR count). The van der Waals surface area contributed by atoms with Gasteiger partial charge in [-0.2, -0.15) is 0 Å². The first-order valence-electron chi connectivity index (χ1n) is 6.87. The molecule has 0 heterocycles. The summed E-state index contributed by atoms with van der Waals surface area (Å²) in [7, 11) is 3.36. The van der Waals surface area contributed by atoms with Crippen molar-refractivity contribution in [3.8, 4) is 11.5 Å². The highest BCUT2D eigenvalue weighted by atomic mass is 16.5. The number of methoxy groups -OCH3 is 2. The van der Waals surface area contributed by atoms with Crippen molar-refractivity contribution < 1.29 is 9.47 Å². The molecule has 0 atom stereocenters. The second kappa shape index (κ2) is 6.62. The van der Waals surface area contributed by atoms with Gasteiger partial charge in [0, 0.05) is 17.7 Å². The summed E-state index contributed by atoms with van der Waals surface area (Å²) in [6.07, 6.45) is 6.00. The second-order valence-corrected chi connectivity index (χ2v) is 4.97. The highest BCUT2D eigenvalue weighted by Gasteiger charge is 2.19. The zero-order valence-electron chi connectivity index (χ0n) is 12.0. The molecule has 1 saturated carbocycles. The third-order valence-electron chi connectivity index (χ3n) is 3.44. The van der Waals surface area contributed by atoms with E-state index in [9.17, 15) is 0 Å². The number of rotatable bonds is 7. The van der Waals surface area contributed by atoms with E-state index in [1.54, 1.807) is 14.2 Å². The molecule has 3 nitrogen and oxygen atoms in total. The van der Waals surface area contributed by atoms with Crippen molar-refractivity contribution in [3.05, 3.63) is 29.8 Å². The Hall–Kier alpha value is -1.48. The van der Waals surface area contributed by atoms with Crippen molar-refractivity contribution >= 4 is 5.57 Å². The third kappa shape index (κ3) is 4.00. The molecule has 0 amide bonds. The SMILES string of the molecule is COc1ccc(C(C)=CCCNC2CC2)c(OC)c1. The van der Waals surface area contributed by atoms with Gasteiger partial charge in [0.1, 0.15) is 11.5 Å². The van der Waals surface area contributed by atoms with Gasteiger partial charge in [0.15, 0.2) is 0 Å². The molecule has 1 aliphatic carbocycles. The van der Waals surface area contributed by atoms with Crippen LogP contribution in [0, 0.1) is 0 Å². The van der Waals surface area contributed by atoms with E-state index in [-0.39, 0.29) is 0 Å². The van der Waals surface area contributed by atoms with Gasteiger partial charge in [-0.15, -0.1) is 0 Å². The highest BCUT2D eigenvalue weighted by molar-refractivity contribution is 5.69. The van der Waals surface area contributed by atoms with Crippen LogP contribution in [-0.2, 0) is 0 Å². The highest BCUT2D eigenvalue weighted by Crippen LogP contribution is 2.30. The molecule has 1 aromatic rings. The first-order chi connectivity index (χ1) is 9.24. The molecule has 104 valence electrons. The van der Waals surface area contributed by atoms with Crippen LogP contribution in [0.3, 0.4) is 0 Å². The predicted molar refractivity (Wildman–Crippen MR) is 78.8 cm³/mol. The number of hydrogen-bond acceptors (Lipinski definition) is 3. The molecular formula is C16H23NO2. The molecule has 19 heavy (non-hydrogen) atoms. The molecule has 0 radical (unpaired) electrons. The van der Waals surface area contributed by atoms with Gasteiger partial charge in [-0.1, -0.05) is 6.08 Å². The normalized spacial score (nSPS) is 15.4. The lowest BCUT2D eigenvalue weighted by Gasteiger charge is -2.11. The third-order valence-corrected chi connectivity index (χ3v) is 3.44. The molecule has 1 fully saturated rings. The first-order valence-corrected chi connectivity index (χ1v) is 6.87. The Morgan fingerprint density at radius 2 is 2.11 bits per heavy atom. The van der Waals surface area contributed by atoms with E-state index >= 15 is 0 Å². The predicted octanol–water partition coefficient (Wildman–Crippen LogP) is 3.25. The van der Waals surface area contributed by atoms with Gasteiger partial charge in [-0.05, 0) is 50.4 Å². The van der Waals surface area contributed by atoms with Crippen LogP contribution in [0.2, 0.25) is 0 Å². The maximum Gasteiger partial charge on any atom is 0.130 e. The Balaban J connectivity index is 1.99. The van der Waals surface area contributed by atoms with Crippen molar-refractivity contribution in [2.24, 2.45) is 0 Å². The molecule has 0 aliphatic heterocycles. The molecule has 1 aromatic carbocycles. The maximum absolute atomic E-state index is 5.43. The molecule has 0 bridgehead atoms. The Bertz CT molecular complexity index is 450. The molecular weight excluding hydrogens is 238 g/mol. The summed E-state index contributed by atoms with van der Waals surface area (Å²) in [5, 5.41) is 3.51. The lowest BCUT2D eigenvalue weighted by molar-refractivity contribution is 0.393. The summed E-state index contributed by atoms with van der Waals surface area (Å²) in [4.78, 5) is 0. The topological polar surface area (TPSA) is 30.5 Å². The lowest BCUT2D eigenvalue weighted by Crippen LogP contribution is -2.16. The van der Waals surface area contributed by atoms with Gasteiger partial charge in [0.05, 0.1) is 14.2 Å². The van der Waals surface area contributed by atoms with Gasteiger partial charge in [0.2, 0.25) is 0 Å². The van der Waals surface area contributed by atoms with Crippen LogP contribution in [0.5, 0.6) is 11.5 Å². The van der Waals surface area contributed by atoms with Crippen molar-refractivity contribution in [2.75, 3.05) is 20.8 Å². The van der Waals surface area contributed by atoms with Crippen LogP contribution >= 0.6 is 0 Å². The van der Waals surface area contributed by atoms with Crippen LogP contribution in [0.15, 0.2) is 24.3 Å². The lowest BCUT2D eigenvalue weighted by atomic mass is 10.0. The fourth-order valence-corrected chi connectivity index (χ4v) is 2.10. The van der Waals surface area contributed by atoms with E-state index in [0.29, 0.717) is 0 Å². The Labute approximate surface area is 115 Å². The molecule has 3 heteroatoms. The van der Waals surface area contributed by atoms with Crippen LogP contribution in [0.4, 0.5) is 0 Å². The van der Waals surface area contributed by atoms with E-state index in [1.807, 2.05) is 12.1 Å². The number of ether oxygens (including phenoxy) is 2. The molecule has 0 aromatic heterocycles. The Kier molecular flexibility index (Phi) is 4.86. The smallest absolute Gasteiger partial charge is 0.130 e. The summed E-state index contributed by atoms with van der Waals surface area (Å²) < 4.78 is 10.6. The van der Waals surface area contributed by atoms with E-state index in [1.165, 1.54) is 18.4 Å². The maximum atomic E-state index is 5.43. The molecule has 0 saturated heterocycles. The molecule has 0 spiro atoms. The van der Waals surface area contributed by atoms with E-state index in [4.69, 9.17) is 9.47 Å². The van der Waals surface area contributed by atoms with Gasteiger partial charge < -0.3 is 14.8 Å². The Morgan fingerprint density at radius 1 is 1.32 bits per heavy atom. The van der Waals surface area contributed by atoms with Gasteiger partial charge in [-0.3, -0.25) is 0 Å². The molecule has 1 aliphatic rings. The number of hydrogen-bond donors (Lipinski definition) is 1. The summed E-state index contributed by atoms with van der Waals surface area (Å²) in [5.74, 6) is 1.69. The summed E-state index contributed by atoms with van der Waals surface area (Å²) in [5.41, 5.74) is 2.38. The van der Waals surface area contributed by atoms with Crippen LogP contribution in [0.25, 0.3) is 5.57 Å². The average molecular weight is 261 g/mol. The van der Waals surface area contributed by atoms with Crippen molar-refractivity contribution in [1.29, 1.82) is 0 Å². The molecule has 1 N–H and O–H groups in total. The molecule has 0 unspecified atom stereocenters. The summed E-state index contributed by atoms with van der Waals surface area (Å²) in [6.45, 7) is 3.18. The van der Waals surface area contributed by atoms with Crippen molar-refractivity contribution in [2.45, 2.75) is 32.2 Å².